The second-order valence-corrected chi connectivity index (χ2v) is 7.34. The van der Waals surface area contributed by atoms with Gasteiger partial charge in [-0.15, -0.1) is 0 Å². The van der Waals surface area contributed by atoms with E-state index in [0.29, 0.717) is 5.75 Å². The Morgan fingerprint density at radius 3 is 2.54 bits per heavy atom. The molecule has 2 aromatic carbocycles. The maximum absolute atomic E-state index is 12.3. The van der Waals surface area contributed by atoms with Crippen LogP contribution in [0.3, 0.4) is 0 Å². The predicted molar refractivity (Wildman–Crippen MR) is 112 cm³/mol. The van der Waals surface area contributed by atoms with Crippen LogP contribution in [-0.2, 0) is 9.53 Å². The monoisotopic (exact) mass is 394 g/mol. The molecule has 0 spiro atoms. The van der Waals surface area contributed by atoms with Gasteiger partial charge in [0.2, 0.25) is 5.91 Å². The Bertz CT molecular complexity index is 906. The van der Waals surface area contributed by atoms with E-state index in [9.17, 15) is 4.79 Å². The van der Waals surface area contributed by atoms with E-state index in [4.69, 9.17) is 4.74 Å². The Balaban J connectivity index is 1.32. The van der Waals surface area contributed by atoms with Gasteiger partial charge in [0.1, 0.15) is 0 Å². The van der Waals surface area contributed by atoms with Crippen molar-refractivity contribution in [3.8, 4) is 5.69 Å². The van der Waals surface area contributed by atoms with Gasteiger partial charge >= 0.3 is 0 Å². The average Bonchev–Trinajstić information content (AvgIpc) is 3.23. The minimum absolute atomic E-state index is 0.0493. The fraction of sp³-hybridized carbons (Fsp3) is 0.238. The second kappa shape index (κ2) is 8.95. The molecule has 0 radical (unpaired) electrons. The van der Waals surface area contributed by atoms with E-state index in [1.54, 1.807) is 6.20 Å². The number of benzene rings is 2. The number of nitrogens with one attached hydrogen (secondary N) is 1. The highest BCUT2D eigenvalue weighted by molar-refractivity contribution is 7.99. The quantitative estimate of drug-likeness (QED) is 0.649. The first-order valence-electron chi connectivity index (χ1n) is 9.24. The van der Waals surface area contributed by atoms with Crippen LogP contribution in [-0.4, -0.2) is 47.5 Å². The molecule has 1 fully saturated rings. The van der Waals surface area contributed by atoms with Crippen LogP contribution in [0.5, 0.6) is 0 Å². The molecule has 144 valence electrons. The third-order valence-corrected chi connectivity index (χ3v) is 5.47. The number of nitrogens with zero attached hydrogens (tertiary/aromatic N) is 3. The summed E-state index contributed by atoms with van der Waals surface area (Å²) < 4.78 is 7.37. The van der Waals surface area contributed by atoms with E-state index in [1.165, 1.54) is 11.8 Å². The number of imidazole rings is 1. The Kier molecular flexibility index (Phi) is 5.94. The Morgan fingerprint density at radius 2 is 1.79 bits per heavy atom. The first kappa shape index (κ1) is 18.6. The Hall–Kier alpha value is -2.77. The number of morpholine rings is 1. The molecule has 28 heavy (non-hydrogen) atoms. The maximum Gasteiger partial charge on any atom is 0.234 e. The van der Waals surface area contributed by atoms with Gasteiger partial charge in [-0.05, 0) is 36.4 Å². The molecule has 0 bridgehead atoms. The summed E-state index contributed by atoms with van der Waals surface area (Å²) in [5.74, 6) is 0.251. The molecule has 1 aromatic heterocycles. The zero-order valence-corrected chi connectivity index (χ0v) is 16.3. The highest BCUT2D eigenvalue weighted by Crippen LogP contribution is 2.22. The molecule has 1 aliphatic heterocycles. The van der Waals surface area contributed by atoms with Crippen molar-refractivity contribution in [2.24, 2.45) is 0 Å². The number of ether oxygens (including phenoxy) is 1. The van der Waals surface area contributed by atoms with Gasteiger partial charge in [0.05, 0.1) is 19.0 Å². The zero-order chi connectivity index (χ0) is 19.2. The maximum atomic E-state index is 12.3. The topological polar surface area (TPSA) is 59.4 Å². The van der Waals surface area contributed by atoms with Crippen LogP contribution in [0.25, 0.3) is 5.69 Å². The predicted octanol–water partition coefficient (Wildman–Crippen LogP) is 3.44. The number of carbonyl (C=O) groups excluding carboxylic acids is 1. The zero-order valence-electron chi connectivity index (χ0n) is 15.5. The highest BCUT2D eigenvalue weighted by Gasteiger charge is 2.12. The van der Waals surface area contributed by atoms with Gasteiger partial charge in [-0.25, -0.2) is 4.98 Å². The molecule has 3 aromatic rings. The molecule has 1 amide bonds. The summed E-state index contributed by atoms with van der Waals surface area (Å²) in [5.41, 5.74) is 2.98. The van der Waals surface area contributed by atoms with Gasteiger partial charge in [0.15, 0.2) is 5.16 Å². The molecule has 1 aliphatic rings. The molecule has 7 heteroatoms. The number of amides is 1. The van der Waals surface area contributed by atoms with Crippen molar-refractivity contribution in [2.45, 2.75) is 5.16 Å². The van der Waals surface area contributed by atoms with Crippen LogP contribution >= 0.6 is 11.8 Å². The molecule has 0 atom stereocenters. The fourth-order valence-electron chi connectivity index (χ4n) is 3.09. The smallest absolute Gasteiger partial charge is 0.234 e. The molecular formula is C21H22N4O2S. The molecule has 4 rings (SSSR count). The van der Waals surface area contributed by atoms with Crippen LogP contribution in [0, 0.1) is 0 Å². The summed E-state index contributed by atoms with van der Waals surface area (Å²) >= 11 is 1.42. The third kappa shape index (κ3) is 4.55. The first-order chi connectivity index (χ1) is 13.8. The van der Waals surface area contributed by atoms with Crippen molar-refractivity contribution >= 4 is 29.0 Å². The largest absolute Gasteiger partial charge is 0.378 e. The molecule has 2 heterocycles. The van der Waals surface area contributed by atoms with Gasteiger partial charge in [-0.2, -0.15) is 0 Å². The lowest BCUT2D eigenvalue weighted by Gasteiger charge is -2.28. The van der Waals surface area contributed by atoms with E-state index in [0.717, 1.165) is 48.5 Å². The number of carbonyl (C=O) groups is 1. The van der Waals surface area contributed by atoms with Gasteiger partial charge in [-0.1, -0.05) is 30.0 Å². The van der Waals surface area contributed by atoms with E-state index in [-0.39, 0.29) is 5.91 Å². The fourth-order valence-corrected chi connectivity index (χ4v) is 3.86. The minimum Gasteiger partial charge on any atom is -0.378 e. The van der Waals surface area contributed by atoms with Crippen LogP contribution in [0.2, 0.25) is 0 Å². The van der Waals surface area contributed by atoms with Gasteiger partial charge < -0.3 is 15.0 Å². The van der Waals surface area contributed by atoms with E-state index >= 15 is 0 Å². The number of thioether (sulfide) groups is 1. The summed E-state index contributed by atoms with van der Waals surface area (Å²) in [6, 6.07) is 17.9. The SMILES string of the molecule is O=C(CSc1nccn1-c1ccccc1)Nc1ccc(N2CCOCC2)cc1. The summed E-state index contributed by atoms with van der Waals surface area (Å²) in [6.07, 6.45) is 3.65. The standard InChI is InChI=1S/C21H22N4O2S/c26-20(16-28-21-22-10-11-25(21)19-4-2-1-3-5-19)23-17-6-8-18(9-7-17)24-12-14-27-15-13-24/h1-11H,12-16H2,(H,23,26). The van der Waals surface area contributed by atoms with Crippen molar-refractivity contribution in [3.05, 3.63) is 67.0 Å². The van der Waals surface area contributed by atoms with E-state index < -0.39 is 0 Å². The van der Waals surface area contributed by atoms with Crippen LogP contribution in [0.1, 0.15) is 0 Å². The van der Waals surface area contributed by atoms with Crippen LogP contribution in [0.15, 0.2) is 72.1 Å². The minimum atomic E-state index is -0.0493. The number of hydrogen-bond donors (Lipinski definition) is 1. The van der Waals surface area contributed by atoms with E-state index in [1.807, 2.05) is 65.4 Å². The number of anilines is 2. The molecule has 0 unspecified atom stereocenters. The summed E-state index contributed by atoms with van der Waals surface area (Å²) in [5, 5.41) is 3.75. The number of rotatable bonds is 6. The van der Waals surface area contributed by atoms with Crippen molar-refractivity contribution in [1.82, 2.24) is 9.55 Å². The van der Waals surface area contributed by atoms with Crippen molar-refractivity contribution in [1.29, 1.82) is 0 Å². The number of para-hydroxylation sites is 1. The Labute approximate surface area is 168 Å². The lowest BCUT2D eigenvalue weighted by molar-refractivity contribution is -0.113. The highest BCUT2D eigenvalue weighted by atomic mass is 32.2. The summed E-state index contributed by atoms with van der Waals surface area (Å²) in [6.45, 7) is 3.32. The molecular weight excluding hydrogens is 372 g/mol. The molecule has 0 saturated carbocycles. The third-order valence-electron chi connectivity index (χ3n) is 4.50. The van der Waals surface area contributed by atoms with E-state index in [2.05, 4.69) is 15.2 Å². The van der Waals surface area contributed by atoms with Crippen LogP contribution in [0.4, 0.5) is 11.4 Å². The normalized spacial score (nSPS) is 14.1. The lowest BCUT2D eigenvalue weighted by atomic mass is 10.2. The molecule has 1 N–H and O–H groups in total. The first-order valence-corrected chi connectivity index (χ1v) is 10.2. The number of aromatic nitrogens is 2. The van der Waals surface area contributed by atoms with Crippen molar-refractivity contribution in [2.75, 3.05) is 42.3 Å². The lowest BCUT2D eigenvalue weighted by Crippen LogP contribution is -2.36. The molecule has 1 saturated heterocycles. The van der Waals surface area contributed by atoms with Gasteiger partial charge in [0, 0.05) is 42.5 Å². The van der Waals surface area contributed by atoms with Gasteiger partial charge in [0.25, 0.3) is 0 Å². The van der Waals surface area contributed by atoms with Crippen molar-refractivity contribution < 1.29 is 9.53 Å². The van der Waals surface area contributed by atoms with Crippen molar-refractivity contribution in [3.63, 3.8) is 0 Å². The summed E-state index contributed by atoms with van der Waals surface area (Å²) in [7, 11) is 0. The molecule has 0 aliphatic carbocycles. The van der Waals surface area contributed by atoms with Gasteiger partial charge in [-0.3, -0.25) is 9.36 Å². The van der Waals surface area contributed by atoms with Crippen LogP contribution < -0.4 is 10.2 Å². The average molecular weight is 395 g/mol. The summed E-state index contributed by atoms with van der Waals surface area (Å²) in [4.78, 5) is 19.0. The molecule has 6 nitrogen and oxygen atoms in total. The number of hydrogen-bond acceptors (Lipinski definition) is 5. The Morgan fingerprint density at radius 1 is 1.04 bits per heavy atom. The second-order valence-electron chi connectivity index (χ2n) is 6.40.